The van der Waals surface area contributed by atoms with Crippen LogP contribution in [0.15, 0.2) is 27.9 Å². The third kappa shape index (κ3) is 2.01. The number of nitrogens with one attached hydrogen (secondary N) is 1. The predicted octanol–water partition coefficient (Wildman–Crippen LogP) is 1.31. The lowest BCUT2D eigenvalue weighted by Crippen LogP contribution is -2.26. The van der Waals surface area contributed by atoms with E-state index in [1.54, 1.807) is 22.8 Å². The summed E-state index contributed by atoms with van der Waals surface area (Å²) in [5.41, 5.74) is 2.66. The first-order valence-corrected chi connectivity index (χ1v) is 8.63. The molecule has 2 heterocycles. The van der Waals surface area contributed by atoms with Crippen molar-refractivity contribution in [1.29, 1.82) is 0 Å². The minimum absolute atomic E-state index is 0.00883. The van der Waals surface area contributed by atoms with Crippen LogP contribution in [0.25, 0.3) is 10.9 Å². The van der Waals surface area contributed by atoms with Crippen LogP contribution in [0.4, 0.5) is 0 Å². The number of benzene rings is 1. The molecule has 1 aliphatic carbocycles. The Bertz CT molecular complexity index is 924. The third-order valence-corrected chi connectivity index (χ3v) is 5.78. The first-order valence-electron chi connectivity index (χ1n) is 7.15. The Labute approximate surface area is 122 Å². The summed E-state index contributed by atoms with van der Waals surface area (Å²) in [5, 5.41) is 0.862. The van der Waals surface area contributed by atoms with Crippen molar-refractivity contribution in [2.75, 3.05) is 0 Å². The van der Waals surface area contributed by atoms with Crippen LogP contribution in [-0.4, -0.2) is 19.0 Å². The van der Waals surface area contributed by atoms with Crippen LogP contribution in [0.3, 0.4) is 0 Å². The molecule has 1 saturated carbocycles. The molecule has 2 aliphatic rings. The summed E-state index contributed by atoms with van der Waals surface area (Å²) < 4.78 is 29.3. The van der Waals surface area contributed by atoms with Gasteiger partial charge in [0.05, 0.1) is 10.4 Å². The number of aryl methyl sites for hydroxylation is 3. The van der Waals surface area contributed by atoms with E-state index in [9.17, 15) is 13.2 Å². The minimum atomic E-state index is -3.46. The number of hydrogen-bond acceptors (Lipinski definition) is 3. The smallest absolute Gasteiger partial charge is 0.251 e. The molecule has 0 atom stereocenters. The quantitative estimate of drug-likeness (QED) is 0.929. The predicted molar refractivity (Wildman–Crippen MR) is 80.0 cm³/mol. The molecular formula is C15H16N2O3S. The fourth-order valence-electron chi connectivity index (χ4n) is 3.02. The molecule has 0 unspecified atom stereocenters. The highest BCUT2D eigenvalue weighted by molar-refractivity contribution is 7.89. The van der Waals surface area contributed by atoms with E-state index < -0.39 is 10.0 Å². The molecular weight excluding hydrogens is 288 g/mol. The lowest BCUT2D eigenvalue weighted by atomic mass is 10.1. The lowest BCUT2D eigenvalue weighted by Gasteiger charge is -2.10. The van der Waals surface area contributed by atoms with Crippen molar-refractivity contribution in [2.24, 2.45) is 0 Å². The first-order chi connectivity index (χ1) is 9.95. The van der Waals surface area contributed by atoms with Crippen LogP contribution in [0.5, 0.6) is 0 Å². The zero-order valence-corrected chi connectivity index (χ0v) is 12.5. The number of sulfonamides is 1. The molecule has 5 nitrogen and oxygen atoms in total. The van der Waals surface area contributed by atoms with Gasteiger partial charge in [0.2, 0.25) is 10.0 Å². The fourth-order valence-corrected chi connectivity index (χ4v) is 4.41. The first kappa shape index (κ1) is 13.0. The molecule has 2 aromatic rings. The second kappa shape index (κ2) is 4.18. The highest BCUT2D eigenvalue weighted by atomic mass is 32.2. The summed E-state index contributed by atoms with van der Waals surface area (Å²) in [4.78, 5) is 12.3. The Morgan fingerprint density at radius 1 is 1.24 bits per heavy atom. The summed E-state index contributed by atoms with van der Waals surface area (Å²) in [5.74, 6) is 0. The Morgan fingerprint density at radius 2 is 2.00 bits per heavy atom. The summed E-state index contributed by atoms with van der Waals surface area (Å²) in [6.07, 6.45) is 2.54. The van der Waals surface area contributed by atoms with Crippen LogP contribution < -0.4 is 10.3 Å². The third-order valence-electron chi connectivity index (χ3n) is 4.28. The molecule has 0 spiro atoms. The maximum absolute atomic E-state index is 12.4. The van der Waals surface area contributed by atoms with Gasteiger partial charge in [0.15, 0.2) is 0 Å². The largest absolute Gasteiger partial charge is 0.308 e. The van der Waals surface area contributed by atoms with Crippen molar-refractivity contribution >= 4 is 20.9 Å². The number of nitrogens with zero attached hydrogens (tertiary/aromatic N) is 1. The number of aromatic nitrogens is 1. The minimum Gasteiger partial charge on any atom is -0.308 e. The van der Waals surface area contributed by atoms with Crippen molar-refractivity contribution in [3.8, 4) is 0 Å². The van der Waals surface area contributed by atoms with E-state index in [0.29, 0.717) is 17.9 Å². The van der Waals surface area contributed by atoms with Gasteiger partial charge in [-0.3, -0.25) is 4.79 Å². The maximum Gasteiger partial charge on any atom is 0.251 e. The summed E-state index contributed by atoms with van der Waals surface area (Å²) in [6, 6.07) is 5.09. The van der Waals surface area contributed by atoms with E-state index in [1.807, 2.05) is 6.92 Å². The number of hydrogen-bond donors (Lipinski definition) is 1. The monoisotopic (exact) mass is 304 g/mol. The molecule has 0 saturated heterocycles. The van der Waals surface area contributed by atoms with Gasteiger partial charge in [-0.2, -0.15) is 0 Å². The molecule has 0 bridgehead atoms. The normalized spacial score (nSPS) is 17.6. The second-order valence-electron chi connectivity index (χ2n) is 5.94. The maximum atomic E-state index is 12.4. The average molecular weight is 304 g/mol. The lowest BCUT2D eigenvalue weighted by molar-refractivity contribution is 0.581. The molecule has 6 heteroatoms. The van der Waals surface area contributed by atoms with Crippen molar-refractivity contribution < 1.29 is 8.42 Å². The molecule has 110 valence electrons. The van der Waals surface area contributed by atoms with Gasteiger partial charge in [-0.15, -0.1) is 0 Å². The van der Waals surface area contributed by atoms with Gasteiger partial charge < -0.3 is 4.57 Å². The van der Waals surface area contributed by atoms with E-state index in [4.69, 9.17) is 0 Å². The van der Waals surface area contributed by atoms with Crippen LogP contribution in [0.1, 0.15) is 24.0 Å². The van der Waals surface area contributed by atoms with Crippen molar-refractivity contribution in [1.82, 2.24) is 9.29 Å². The Hall–Kier alpha value is -1.66. The number of pyridine rings is 1. The van der Waals surface area contributed by atoms with Gasteiger partial charge in [-0.25, -0.2) is 13.1 Å². The molecule has 1 aromatic heterocycles. The Kier molecular flexibility index (Phi) is 2.59. The van der Waals surface area contributed by atoms with Gasteiger partial charge in [0.25, 0.3) is 5.56 Å². The van der Waals surface area contributed by atoms with Crippen LogP contribution in [0.2, 0.25) is 0 Å². The van der Waals surface area contributed by atoms with E-state index >= 15 is 0 Å². The Morgan fingerprint density at radius 3 is 2.71 bits per heavy atom. The molecule has 1 aliphatic heterocycles. The van der Waals surface area contributed by atoms with Gasteiger partial charge >= 0.3 is 0 Å². The molecule has 4 rings (SSSR count). The Balaban J connectivity index is 1.97. The van der Waals surface area contributed by atoms with E-state index in [-0.39, 0.29) is 11.6 Å². The van der Waals surface area contributed by atoms with Crippen molar-refractivity contribution in [3.05, 3.63) is 39.7 Å². The van der Waals surface area contributed by atoms with Crippen molar-refractivity contribution in [2.45, 2.75) is 43.7 Å². The van der Waals surface area contributed by atoms with E-state index in [0.717, 1.165) is 34.9 Å². The van der Waals surface area contributed by atoms with Gasteiger partial charge in [0.1, 0.15) is 0 Å². The standard InChI is InChI=1S/C15H16N2O3S/c1-9-6-14(18)17-5-4-10-7-12(8-13(9)15(10)17)21(19,20)16-11-2-3-11/h6-8,11,16H,2-5H2,1H3. The summed E-state index contributed by atoms with van der Waals surface area (Å²) in [6.45, 7) is 2.48. The number of rotatable bonds is 3. The van der Waals surface area contributed by atoms with Gasteiger partial charge in [-0.05, 0) is 49.4 Å². The molecule has 1 N–H and O–H groups in total. The van der Waals surface area contributed by atoms with Crippen LogP contribution in [-0.2, 0) is 23.0 Å². The average Bonchev–Trinajstić information content (AvgIpc) is 3.11. The highest BCUT2D eigenvalue weighted by Gasteiger charge is 2.29. The summed E-state index contributed by atoms with van der Waals surface area (Å²) >= 11 is 0. The molecule has 1 fully saturated rings. The zero-order valence-electron chi connectivity index (χ0n) is 11.7. The SMILES string of the molecule is Cc1cc(=O)n2c3c(cc(S(=O)(=O)NC4CC4)cc13)CC2. The van der Waals surface area contributed by atoms with Crippen LogP contribution >= 0.6 is 0 Å². The molecule has 0 radical (unpaired) electrons. The second-order valence-corrected chi connectivity index (χ2v) is 7.66. The molecule has 1 aromatic carbocycles. The van der Waals surface area contributed by atoms with Gasteiger partial charge in [0, 0.05) is 24.0 Å². The molecule has 0 amide bonds. The van der Waals surface area contributed by atoms with Crippen LogP contribution in [0, 0.1) is 6.92 Å². The van der Waals surface area contributed by atoms with E-state index in [2.05, 4.69) is 4.72 Å². The summed E-state index contributed by atoms with van der Waals surface area (Å²) in [7, 11) is -3.46. The topological polar surface area (TPSA) is 68.2 Å². The van der Waals surface area contributed by atoms with Crippen molar-refractivity contribution in [3.63, 3.8) is 0 Å². The fraction of sp³-hybridized carbons (Fsp3) is 0.400. The van der Waals surface area contributed by atoms with Gasteiger partial charge in [-0.1, -0.05) is 0 Å². The van der Waals surface area contributed by atoms with E-state index in [1.165, 1.54) is 0 Å². The zero-order chi connectivity index (χ0) is 14.8. The highest BCUT2D eigenvalue weighted by Crippen LogP contribution is 2.30. The molecule has 21 heavy (non-hydrogen) atoms.